The Hall–Kier alpha value is -2.24. The molecule has 0 aliphatic heterocycles. The lowest BCUT2D eigenvalue weighted by Crippen LogP contribution is -2.31. The van der Waals surface area contributed by atoms with Crippen molar-refractivity contribution in [2.24, 2.45) is 11.0 Å². The van der Waals surface area contributed by atoms with Crippen molar-refractivity contribution < 1.29 is 18.1 Å². The molecule has 0 atom stereocenters. The fourth-order valence-corrected chi connectivity index (χ4v) is 1.75. The Morgan fingerprint density at radius 2 is 2.05 bits per heavy atom. The number of anilines is 1. The van der Waals surface area contributed by atoms with Crippen LogP contribution in [0.15, 0.2) is 18.2 Å². The van der Waals surface area contributed by atoms with Crippen LogP contribution in [0.5, 0.6) is 0 Å². The first-order valence-corrected chi connectivity index (χ1v) is 7.00. The summed E-state index contributed by atoms with van der Waals surface area (Å²) in [6, 6.07) is 3.53. The number of carbonyl (C=O) groups excluding carboxylic acids is 1. The van der Waals surface area contributed by atoms with E-state index in [-0.39, 0.29) is 23.5 Å². The fourth-order valence-electron chi connectivity index (χ4n) is 1.36. The molecule has 0 aliphatic carbocycles. The number of nitro groups is 1. The number of nitro benzene ring substituents is 1. The minimum Gasteiger partial charge on any atom is -0.351 e. The number of nitrogens with zero attached hydrogens (tertiary/aromatic N) is 1. The van der Waals surface area contributed by atoms with Crippen LogP contribution in [0.2, 0.25) is 0 Å². The molecule has 0 unspecified atom stereocenters. The summed E-state index contributed by atoms with van der Waals surface area (Å²) in [4.78, 5) is 21.7. The Morgan fingerprint density at radius 1 is 1.40 bits per heavy atom. The number of amides is 1. The smallest absolute Gasteiger partial charge is 0.293 e. The standard InChI is InChI=1S/C9H13N5O5S/c10-13-7-5-6(1-2-8(7)14(16)17)9(15)12-3-4-20(11,18)19/h1-2,5,13H,3-4,10H2,(H,12,15)(H2,11,18,19). The van der Waals surface area contributed by atoms with Gasteiger partial charge in [0.15, 0.2) is 0 Å². The second-order valence-electron chi connectivity index (χ2n) is 3.76. The van der Waals surface area contributed by atoms with E-state index >= 15 is 0 Å². The molecule has 0 aliphatic rings. The summed E-state index contributed by atoms with van der Waals surface area (Å²) in [6.45, 7) is -0.167. The second kappa shape index (κ2) is 6.27. The molecule has 1 aromatic rings. The predicted molar refractivity (Wildman–Crippen MR) is 71.2 cm³/mol. The lowest BCUT2D eigenvalue weighted by Gasteiger charge is -2.07. The van der Waals surface area contributed by atoms with Gasteiger partial charge in [-0.2, -0.15) is 0 Å². The molecule has 0 bridgehead atoms. The third-order valence-electron chi connectivity index (χ3n) is 2.28. The quantitative estimate of drug-likeness (QED) is 0.293. The molecule has 1 aromatic carbocycles. The third kappa shape index (κ3) is 4.46. The molecule has 0 saturated carbocycles. The second-order valence-corrected chi connectivity index (χ2v) is 5.49. The van der Waals surface area contributed by atoms with Gasteiger partial charge in [-0.15, -0.1) is 0 Å². The number of hydrazine groups is 1. The van der Waals surface area contributed by atoms with Crippen molar-refractivity contribution in [3.05, 3.63) is 33.9 Å². The minimum atomic E-state index is -3.67. The molecular weight excluding hydrogens is 290 g/mol. The van der Waals surface area contributed by atoms with Crippen LogP contribution in [-0.2, 0) is 10.0 Å². The van der Waals surface area contributed by atoms with Crippen molar-refractivity contribution in [1.82, 2.24) is 5.32 Å². The highest BCUT2D eigenvalue weighted by Gasteiger charge is 2.16. The summed E-state index contributed by atoms with van der Waals surface area (Å²) in [5.41, 5.74) is 1.89. The molecule has 0 heterocycles. The Bertz CT molecular complexity index is 630. The molecule has 0 saturated heterocycles. The average molecular weight is 303 g/mol. The zero-order valence-electron chi connectivity index (χ0n) is 10.2. The minimum absolute atomic E-state index is 0.0332. The van der Waals surface area contributed by atoms with Gasteiger partial charge in [-0.05, 0) is 12.1 Å². The summed E-state index contributed by atoms with van der Waals surface area (Å²) in [6.07, 6.45) is 0. The van der Waals surface area contributed by atoms with E-state index in [2.05, 4.69) is 10.7 Å². The normalized spacial score (nSPS) is 10.9. The van der Waals surface area contributed by atoms with Crippen LogP contribution in [-0.4, -0.2) is 31.5 Å². The number of nitrogen functional groups attached to an aromatic ring is 1. The van der Waals surface area contributed by atoms with Gasteiger partial charge < -0.3 is 10.7 Å². The van der Waals surface area contributed by atoms with Crippen molar-refractivity contribution in [2.75, 3.05) is 17.7 Å². The first kappa shape index (κ1) is 15.8. The van der Waals surface area contributed by atoms with Gasteiger partial charge in [0, 0.05) is 18.2 Å². The van der Waals surface area contributed by atoms with Crippen LogP contribution in [0.3, 0.4) is 0 Å². The molecule has 0 aromatic heterocycles. The molecule has 0 fully saturated rings. The maximum absolute atomic E-state index is 11.7. The van der Waals surface area contributed by atoms with Gasteiger partial charge in [-0.3, -0.25) is 20.8 Å². The van der Waals surface area contributed by atoms with Gasteiger partial charge in [0.25, 0.3) is 11.6 Å². The zero-order valence-corrected chi connectivity index (χ0v) is 11.0. The van der Waals surface area contributed by atoms with Crippen molar-refractivity contribution in [3.8, 4) is 0 Å². The maximum Gasteiger partial charge on any atom is 0.293 e. The highest BCUT2D eigenvalue weighted by Crippen LogP contribution is 2.24. The Morgan fingerprint density at radius 3 is 2.55 bits per heavy atom. The van der Waals surface area contributed by atoms with Crippen LogP contribution in [0.1, 0.15) is 10.4 Å². The van der Waals surface area contributed by atoms with Crippen molar-refractivity contribution in [1.29, 1.82) is 0 Å². The van der Waals surface area contributed by atoms with E-state index in [1.807, 2.05) is 0 Å². The highest BCUT2D eigenvalue weighted by molar-refractivity contribution is 7.89. The molecule has 11 heteroatoms. The van der Waals surface area contributed by atoms with Crippen molar-refractivity contribution in [2.45, 2.75) is 0 Å². The van der Waals surface area contributed by atoms with Crippen LogP contribution in [0.4, 0.5) is 11.4 Å². The van der Waals surface area contributed by atoms with Crippen molar-refractivity contribution in [3.63, 3.8) is 0 Å². The average Bonchev–Trinajstić information content (AvgIpc) is 2.36. The molecule has 1 amide bonds. The number of rotatable bonds is 6. The SMILES string of the molecule is NNc1cc(C(=O)NCCS(N)(=O)=O)ccc1[N+](=O)[O-]. The number of carbonyl (C=O) groups is 1. The van der Waals surface area contributed by atoms with Crippen LogP contribution in [0.25, 0.3) is 0 Å². The Labute approximate surface area is 114 Å². The van der Waals surface area contributed by atoms with E-state index < -0.39 is 26.6 Å². The maximum atomic E-state index is 11.7. The monoisotopic (exact) mass is 303 g/mol. The lowest BCUT2D eigenvalue weighted by atomic mass is 10.1. The lowest BCUT2D eigenvalue weighted by molar-refractivity contribution is -0.384. The van der Waals surface area contributed by atoms with Gasteiger partial charge in [-0.25, -0.2) is 13.6 Å². The van der Waals surface area contributed by atoms with Crippen LogP contribution in [0, 0.1) is 10.1 Å². The zero-order chi connectivity index (χ0) is 15.3. The van der Waals surface area contributed by atoms with Crippen molar-refractivity contribution >= 4 is 27.3 Å². The van der Waals surface area contributed by atoms with E-state index in [1.165, 1.54) is 12.1 Å². The summed E-state index contributed by atoms with van der Waals surface area (Å²) in [5, 5.41) is 17.8. The van der Waals surface area contributed by atoms with Crippen LogP contribution < -0.4 is 21.7 Å². The van der Waals surface area contributed by atoms with Gasteiger partial charge in [0.2, 0.25) is 10.0 Å². The van der Waals surface area contributed by atoms with E-state index in [0.717, 1.165) is 6.07 Å². The van der Waals surface area contributed by atoms with E-state index in [4.69, 9.17) is 11.0 Å². The largest absolute Gasteiger partial charge is 0.351 e. The first-order chi connectivity index (χ1) is 9.24. The highest BCUT2D eigenvalue weighted by atomic mass is 32.2. The molecular formula is C9H13N5O5S. The topological polar surface area (TPSA) is 170 Å². The third-order valence-corrected chi connectivity index (χ3v) is 3.06. The number of hydrogen-bond acceptors (Lipinski definition) is 7. The molecule has 10 nitrogen and oxygen atoms in total. The number of nitrogens with two attached hydrogens (primary N) is 2. The Kier molecular flexibility index (Phi) is 4.96. The number of nitrogens with one attached hydrogen (secondary N) is 2. The van der Waals surface area contributed by atoms with Crippen LogP contribution >= 0.6 is 0 Å². The molecule has 20 heavy (non-hydrogen) atoms. The summed E-state index contributed by atoms with van der Waals surface area (Å²) in [7, 11) is -3.67. The first-order valence-electron chi connectivity index (χ1n) is 5.28. The molecule has 1 rings (SSSR count). The predicted octanol–water partition coefficient (Wildman–Crippen LogP) is -1.10. The van der Waals surface area contributed by atoms with Gasteiger partial charge in [0.05, 0.1) is 10.7 Å². The molecule has 0 spiro atoms. The number of benzene rings is 1. The van der Waals surface area contributed by atoms with E-state index in [0.29, 0.717) is 0 Å². The molecule has 110 valence electrons. The summed E-state index contributed by atoms with van der Waals surface area (Å²) >= 11 is 0. The van der Waals surface area contributed by atoms with E-state index in [1.54, 1.807) is 0 Å². The van der Waals surface area contributed by atoms with Gasteiger partial charge in [-0.1, -0.05) is 0 Å². The van der Waals surface area contributed by atoms with E-state index in [9.17, 15) is 23.3 Å². The number of hydrogen-bond donors (Lipinski definition) is 4. The van der Waals surface area contributed by atoms with Gasteiger partial charge >= 0.3 is 0 Å². The number of sulfonamides is 1. The summed E-state index contributed by atoms with van der Waals surface area (Å²) < 4.78 is 21.4. The molecule has 6 N–H and O–H groups in total. The van der Waals surface area contributed by atoms with Gasteiger partial charge in [0.1, 0.15) is 5.69 Å². The Balaban J connectivity index is 2.81. The molecule has 0 radical (unpaired) electrons. The number of primary sulfonamides is 1. The fraction of sp³-hybridized carbons (Fsp3) is 0.222. The summed E-state index contributed by atoms with van der Waals surface area (Å²) in [5.74, 6) is 4.13.